The first kappa shape index (κ1) is 25.4. The maximum absolute atomic E-state index is 11.6. The van der Waals surface area contributed by atoms with Crippen molar-refractivity contribution in [2.75, 3.05) is 6.61 Å². The zero-order valence-electron chi connectivity index (χ0n) is 17.8. The Hall–Kier alpha value is -0.570. The van der Waals surface area contributed by atoms with Crippen molar-refractivity contribution in [3.8, 4) is 0 Å². The summed E-state index contributed by atoms with van der Waals surface area (Å²) >= 11 is 0. The smallest absolute Gasteiger partial charge is 0.305 e. The van der Waals surface area contributed by atoms with E-state index in [2.05, 4.69) is 13.8 Å². The lowest BCUT2D eigenvalue weighted by molar-refractivity contribution is -0.144. The van der Waals surface area contributed by atoms with Crippen LogP contribution in [-0.2, 0) is 9.53 Å². The van der Waals surface area contributed by atoms with Crippen molar-refractivity contribution < 1.29 is 14.6 Å². The summed E-state index contributed by atoms with van der Waals surface area (Å²) in [6.07, 6.45) is 20.6. The van der Waals surface area contributed by atoms with E-state index in [1.807, 2.05) is 0 Å². The molecule has 0 spiro atoms. The number of hydrogen-bond acceptors (Lipinski definition) is 3. The molecule has 0 aliphatic rings. The Bertz CT molecular complexity index is 291. The van der Waals surface area contributed by atoms with Crippen molar-refractivity contribution in [2.45, 2.75) is 136 Å². The maximum atomic E-state index is 11.6. The first-order valence-corrected chi connectivity index (χ1v) is 11.5. The summed E-state index contributed by atoms with van der Waals surface area (Å²) in [5, 5.41) is 9.96. The standard InChI is InChI=1S/C23H46O3/c1-3-5-7-8-9-10-11-12-13-14-15-16-18-22(24)19-20-23(25)26-21-17-6-4-2/h22,24H,3-21H2,1-2H3. The third-order valence-electron chi connectivity index (χ3n) is 5.08. The summed E-state index contributed by atoms with van der Waals surface area (Å²) < 4.78 is 5.16. The quantitative estimate of drug-likeness (QED) is 0.186. The predicted molar refractivity (Wildman–Crippen MR) is 111 cm³/mol. The van der Waals surface area contributed by atoms with Crippen LogP contribution < -0.4 is 0 Å². The highest BCUT2D eigenvalue weighted by atomic mass is 16.5. The number of carbonyl (C=O) groups is 1. The number of carbonyl (C=O) groups excluding carboxylic acids is 1. The van der Waals surface area contributed by atoms with Gasteiger partial charge in [0.2, 0.25) is 0 Å². The van der Waals surface area contributed by atoms with Crippen LogP contribution in [0.4, 0.5) is 0 Å². The van der Waals surface area contributed by atoms with Gasteiger partial charge >= 0.3 is 5.97 Å². The SMILES string of the molecule is CCCCCCCCCCCCCCC(O)CCC(=O)OCCCCC. The maximum Gasteiger partial charge on any atom is 0.305 e. The average molecular weight is 371 g/mol. The van der Waals surface area contributed by atoms with E-state index in [0.717, 1.165) is 32.1 Å². The van der Waals surface area contributed by atoms with E-state index in [-0.39, 0.29) is 12.1 Å². The van der Waals surface area contributed by atoms with E-state index in [1.165, 1.54) is 70.6 Å². The van der Waals surface area contributed by atoms with Gasteiger partial charge in [-0.25, -0.2) is 0 Å². The first-order chi connectivity index (χ1) is 12.7. The summed E-state index contributed by atoms with van der Waals surface area (Å²) in [6.45, 7) is 4.93. The zero-order valence-corrected chi connectivity index (χ0v) is 17.8. The van der Waals surface area contributed by atoms with Crippen LogP contribution in [0.3, 0.4) is 0 Å². The molecule has 3 nitrogen and oxygen atoms in total. The van der Waals surface area contributed by atoms with Crippen LogP contribution in [0.1, 0.15) is 129 Å². The second kappa shape index (κ2) is 20.7. The fourth-order valence-corrected chi connectivity index (χ4v) is 3.26. The van der Waals surface area contributed by atoms with Gasteiger partial charge in [-0.05, 0) is 19.3 Å². The zero-order chi connectivity index (χ0) is 19.3. The first-order valence-electron chi connectivity index (χ1n) is 11.5. The van der Waals surface area contributed by atoms with Gasteiger partial charge in [0.25, 0.3) is 0 Å². The van der Waals surface area contributed by atoms with Crippen molar-refractivity contribution in [2.24, 2.45) is 0 Å². The summed E-state index contributed by atoms with van der Waals surface area (Å²) in [5.41, 5.74) is 0. The van der Waals surface area contributed by atoms with E-state index >= 15 is 0 Å². The van der Waals surface area contributed by atoms with Gasteiger partial charge in [0.15, 0.2) is 0 Å². The van der Waals surface area contributed by atoms with Crippen molar-refractivity contribution in [1.82, 2.24) is 0 Å². The lowest BCUT2D eigenvalue weighted by atomic mass is 10.0. The van der Waals surface area contributed by atoms with Crippen LogP contribution in [0, 0.1) is 0 Å². The van der Waals surface area contributed by atoms with Gasteiger partial charge in [0.05, 0.1) is 12.7 Å². The number of aliphatic hydroxyl groups excluding tert-OH is 1. The van der Waals surface area contributed by atoms with Crippen molar-refractivity contribution in [3.05, 3.63) is 0 Å². The molecule has 0 saturated carbocycles. The molecule has 0 aliphatic carbocycles. The number of hydrogen-bond donors (Lipinski definition) is 1. The highest BCUT2D eigenvalue weighted by Gasteiger charge is 2.09. The summed E-state index contributed by atoms with van der Waals surface area (Å²) in [6, 6.07) is 0. The van der Waals surface area contributed by atoms with E-state index in [1.54, 1.807) is 0 Å². The van der Waals surface area contributed by atoms with Gasteiger partial charge in [0.1, 0.15) is 0 Å². The summed E-state index contributed by atoms with van der Waals surface area (Å²) in [4.78, 5) is 11.6. The molecule has 0 aromatic carbocycles. The number of rotatable bonds is 20. The molecule has 1 unspecified atom stereocenters. The molecule has 156 valence electrons. The summed E-state index contributed by atoms with van der Waals surface area (Å²) in [5.74, 6) is -0.158. The van der Waals surface area contributed by atoms with Crippen LogP contribution in [-0.4, -0.2) is 23.8 Å². The topological polar surface area (TPSA) is 46.5 Å². The number of ether oxygens (including phenoxy) is 1. The third kappa shape index (κ3) is 19.8. The van der Waals surface area contributed by atoms with Crippen LogP contribution in [0.25, 0.3) is 0 Å². The lowest BCUT2D eigenvalue weighted by Crippen LogP contribution is -2.12. The van der Waals surface area contributed by atoms with E-state index < -0.39 is 0 Å². The van der Waals surface area contributed by atoms with Crippen LogP contribution in [0.5, 0.6) is 0 Å². The fraction of sp³-hybridized carbons (Fsp3) is 0.957. The molecule has 0 heterocycles. The molecule has 0 aromatic rings. The number of esters is 1. The molecule has 0 aliphatic heterocycles. The molecular formula is C23H46O3. The molecule has 26 heavy (non-hydrogen) atoms. The van der Waals surface area contributed by atoms with Crippen LogP contribution in [0.2, 0.25) is 0 Å². The molecule has 0 aromatic heterocycles. The van der Waals surface area contributed by atoms with Gasteiger partial charge in [-0.1, -0.05) is 104 Å². The minimum atomic E-state index is -0.346. The highest BCUT2D eigenvalue weighted by Crippen LogP contribution is 2.14. The second-order valence-corrected chi connectivity index (χ2v) is 7.80. The molecule has 3 heteroatoms. The summed E-state index contributed by atoms with van der Waals surface area (Å²) in [7, 11) is 0. The van der Waals surface area contributed by atoms with Gasteiger partial charge in [-0.15, -0.1) is 0 Å². The van der Waals surface area contributed by atoms with Gasteiger partial charge < -0.3 is 9.84 Å². The Morgan fingerprint density at radius 3 is 1.69 bits per heavy atom. The Morgan fingerprint density at radius 1 is 0.692 bits per heavy atom. The van der Waals surface area contributed by atoms with Gasteiger partial charge in [-0.2, -0.15) is 0 Å². The molecule has 0 bridgehead atoms. The monoisotopic (exact) mass is 370 g/mol. The largest absolute Gasteiger partial charge is 0.466 e. The molecule has 1 N–H and O–H groups in total. The lowest BCUT2D eigenvalue weighted by Gasteiger charge is -2.10. The Morgan fingerprint density at radius 2 is 1.15 bits per heavy atom. The van der Waals surface area contributed by atoms with Crippen LogP contribution >= 0.6 is 0 Å². The molecule has 0 saturated heterocycles. The average Bonchev–Trinajstić information content (AvgIpc) is 2.64. The third-order valence-corrected chi connectivity index (χ3v) is 5.08. The Balaban J connectivity index is 3.26. The number of aliphatic hydroxyl groups is 1. The van der Waals surface area contributed by atoms with Crippen molar-refractivity contribution in [1.29, 1.82) is 0 Å². The van der Waals surface area contributed by atoms with E-state index in [0.29, 0.717) is 19.4 Å². The molecule has 0 rings (SSSR count). The Labute approximate surface area is 163 Å². The normalized spacial score (nSPS) is 12.3. The molecule has 1 atom stereocenters. The molecule has 0 amide bonds. The van der Waals surface area contributed by atoms with Crippen LogP contribution in [0.15, 0.2) is 0 Å². The minimum absolute atomic E-state index is 0.158. The van der Waals surface area contributed by atoms with Crippen molar-refractivity contribution in [3.63, 3.8) is 0 Å². The van der Waals surface area contributed by atoms with Crippen molar-refractivity contribution >= 4 is 5.97 Å². The number of unbranched alkanes of at least 4 members (excludes halogenated alkanes) is 13. The molecule has 0 fully saturated rings. The fourth-order valence-electron chi connectivity index (χ4n) is 3.26. The minimum Gasteiger partial charge on any atom is -0.466 e. The predicted octanol–water partition coefficient (Wildman–Crippen LogP) is 6.95. The highest BCUT2D eigenvalue weighted by molar-refractivity contribution is 5.69. The molecular weight excluding hydrogens is 324 g/mol. The Kier molecular flexibility index (Phi) is 20.3. The van der Waals surface area contributed by atoms with E-state index in [9.17, 15) is 9.90 Å². The van der Waals surface area contributed by atoms with Gasteiger partial charge in [0, 0.05) is 6.42 Å². The molecule has 0 radical (unpaired) electrons. The second-order valence-electron chi connectivity index (χ2n) is 7.80. The van der Waals surface area contributed by atoms with E-state index in [4.69, 9.17) is 4.74 Å². The van der Waals surface area contributed by atoms with Gasteiger partial charge in [-0.3, -0.25) is 4.79 Å².